The van der Waals surface area contributed by atoms with Crippen LogP contribution in [0.3, 0.4) is 0 Å². The molecule has 0 spiro atoms. The number of hydrogen-bond acceptors (Lipinski definition) is 1. The molecule has 3 fully saturated rings. The summed E-state index contributed by atoms with van der Waals surface area (Å²) in [7, 11) is 0. The molecule has 0 heterocycles. The molecule has 1 heteroatoms. The first-order chi connectivity index (χ1) is 11.8. The lowest BCUT2D eigenvalue weighted by Gasteiger charge is -2.50. The predicted octanol–water partition coefficient (Wildman–Crippen LogP) is 6.99. The van der Waals surface area contributed by atoms with E-state index in [0.29, 0.717) is 6.10 Å². The van der Waals surface area contributed by atoms with Gasteiger partial charge in [-0.05, 0) is 81.0 Å². The molecule has 140 valence electrons. The van der Waals surface area contributed by atoms with Gasteiger partial charge in [-0.1, -0.05) is 52.4 Å². The van der Waals surface area contributed by atoms with Gasteiger partial charge in [0, 0.05) is 6.61 Å². The van der Waals surface area contributed by atoms with Crippen molar-refractivity contribution in [3.05, 3.63) is 0 Å². The van der Waals surface area contributed by atoms with Crippen LogP contribution in [0.2, 0.25) is 0 Å². The van der Waals surface area contributed by atoms with Gasteiger partial charge in [0.1, 0.15) is 0 Å². The van der Waals surface area contributed by atoms with E-state index in [9.17, 15) is 0 Å². The SMILES string of the molecule is CCCCCC[C@H]1CCC2C(CCC3C[C@@H](OCCC)CCC32)C1. The van der Waals surface area contributed by atoms with E-state index >= 15 is 0 Å². The van der Waals surface area contributed by atoms with Crippen molar-refractivity contribution in [1.29, 1.82) is 0 Å². The summed E-state index contributed by atoms with van der Waals surface area (Å²) >= 11 is 0. The van der Waals surface area contributed by atoms with Gasteiger partial charge in [0.05, 0.1) is 6.10 Å². The number of fused-ring (bicyclic) bond motifs is 3. The second kappa shape index (κ2) is 9.60. The third-order valence-electron chi connectivity index (χ3n) is 7.62. The van der Waals surface area contributed by atoms with E-state index in [4.69, 9.17) is 4.74 Å². The summed E-state index contributed by atoms with van der Waals surface area (Å²) in [6.45, 7) is 5.54. The molecular weight excluding hydrogens is 292 g/mol. The number of hydrogen-bond donors (Lipinski definition) is 0. The summed E-state index contributed by atoms with van der Waals surface area (Å²) in [5, 5.41) is 0. The highest BCUT2D eigenvalue weighted by Crippen LogP contribution is 2.53. The van der Waals surface area contributed by atoms with Crippen LogP contribution < -0.4 is 0 Å². The summed E-state index contributed by atoms with van der Waals surface area (Å²) < 4.78 is 6.10. The van der Waals surface area contributed by atoms with Crippen LogP contribution in [-0.2, 0) is 4.74 Å². The Labute approximate surface area is 151 Å². The zero-order valence-electron chi connectivity index (χ0n) is 16.5. The fourth-order valence-electron chi connectivity index (χ4n) is 6.41. The van der Waals surface area contributed by atoms with Gasteiger partial charge >= 0.3 is 0 Å². The molecule has 3 aliphatic rings. The second-order valence-corrected chi connectivity index (χ2v) is 9.26. The van der Waals surface area contributed by atoms with Crippen LogP contribution in [0.15, 0.2) is 0 Å². The Kier molecular flexibility index (Phi) is 7.50. The topological polar surface area (TPSA) is 9.23 Å². The van der Waals surface area contributed by atoms with Crippen LogP contribution in [0, 0.1) is 29.6 Å². The van der Waals surface area contributed by atoms with Gasteiger partial charge in [-0.25, -0.2) is 0 Å². The fourth-order valence-corrected chi connectivity index (χ4v) is 6.41. The largest absolute Gasteiger partial charge is 0.378 e. The number of rotatable bonds is 8. The minimum Gasteiger partial charge on any atom is -0.378 e. The fraction of sp³-hybridized carbons (Fsp3) is 1.00. The highest BCUT2D eigenvalue weighted by Gasteiger charge is 2.44. The zero-order valence-corrected chi connectivity index (χ0v) is 16.5. The van der Waals surface area contributed by atoms with E-state index in [1.807, 2.05) is 0 Å². The summed E-state index contributed by atoms with van der Waals surface area (Å²) in [5.74, 6) is 5.31. The van der Waals surface area contributed by atoms with Crippen LogP contribution in [0.1, 0.15) is 104 Å². The first kappa shape index (κ1) is 18.7. The summed E-state index contributed by atoms with van der Waals surface area (Å²) in [6, 6.07) is 0. The second-order valence-electron chi connectivity index (χ2n) is 9.26. The molecular formula is C23H42O. The molecule has 4 unspecified atom stereocenters. The Hall–Kier alpha value is -0.0400. The molecule has 3 saturated carbocycles. The quantitative estimate of drug-likeness (QED) is 0.434. The van der Waals surface area contributed by atoms with Crippen molar-refractivity contribution in [3.8, 4) is 0 Å². The Morgan fingerprint density at radius 3 is 2.21 bits per heavy atom. The maximum Gasteiger partial charge on any atom is 0.0578 e. The normalized spacial score (nSPS) is 39.2. The maximum atomic E-state index is 6.10. The smallest absolute Gasteiger partial charge is 0.0578 e. The maximum absolute atomic E-state index is 6.10. The Morgan fingerprint density at radius 2 is 1.46 bits per heavy atom. The van der Waals surface area contributed by atoms with Crippen molar-refractivity contribution in [2.24, 2.45) is 29.6 Å². The summed E-state index contributed by atoms with van der Waals surface area (Å²) in [5.41, 5.74) is 0. The molecule has 0 saturated heterocycles. The van der Waals surface area contributed by atoms with Crippen molar-refractivity contribution in [2.75, 3.05) is 6.61 Å². The van der Waals surface area contributed by atoms with Crippen molar-refractivity contribution in [3.63, 3.8) is 0 Å². The third kappa shape index (κ3) is 4.77. The molecule has 0 aromatic carbocycles. The zero-order chi connectivity index (χ0) is 16.8. The molecule has 0 N–H and O–H groups in total. The molecule has 0 bridgehead atoms. The number of ether oxygens (including phenoxy) is 1. The molecule has 0 radical (unpaired) electrons. The van der Waals surface area contributed by atoms with Crippen LogP contribution in [0.4, 0.5) is 0 Å². The van der Waals surface area contributed by atoms with Gasteiger partial charge in [-0.2, -0.15) is 0 Å². The van der Waals surface area contributed by atoms with E-state index in [-0.39, 0.29) is 0 Å². The van der Waals surface area contributed by atoms with Gasteiger partial charge in [0.15, 0.2) is 0 Å². The van der Waals surface area contributed by atoms with E-state index in [0.717, 1.165) is 36.2 Å². The Bertz CT molecular complexity index is 352. The average molecular weight is 335 g/mol. The van der Waals surface area contributed by atoms with Crippen molar-refractivity contribution >= 4 is 0 Å². The van der Waals surface area contributed by atoms with Crippen molar-refractivity contribution in [1.82, 2.24) is 0 Å². The highest BCUT2D eigenvalue weighted by molar-refractivity contribution is 4.94. The van der Waals surface area contributed by atoms with Gasteiger partial charge < -0.3 is 4.74 Å². The minimum atomic E-state index is 0.595. The lowest BCUT2D eigenvalue weighted by Crippen LogP contribution is -2.42. The van der Waals surface area contributed by atoms with Gasteiger partial charge in [0.25, 0.3) is 0 Å². The summed E-state index contributed by atoms with van der Waals surface area (Å²) in [6.07, 6.45) is 21.1. The molecule has 3 rings (SSSR count). The van der Waals surface area contributed by atoms with Crippen LogP contribution in [0.5, 0.6) is 0 Å². The molecule has 6 atom stereocenters. The van der Waals surface area contributed by atoms with E-state index < -0.39 is 0 Å². The lowest BCUT2D eigenvalue weighted by atomic mass is 9.56. The van der Waals surface area contributed by atoms with E-state index in [1.54, 1.807) is 19.3 Å². The molecule has 3 aliphatic carbocycles. The molecule has 0 aromatic rings. The standard InChI is InChI=1S/C23H42O/c1-3-5-6-7-8-18-9-13-22-19(16-18)10-11-20-17-21(24-15-4-2)12-14-23(20)22/h18-23H,3-17H2,1-2H3/t18-,19?,20?,21-,22?,23?/m0/s1. The summed E-state index contributed by atoms with van der Waals surface area (Å²) in [4.78, 5) is 0. The predicted molar refractivity (Wildman–Crippen MR) is 103 cm³/mol. The first-order valence-corrected chi connectivity index (χ1v) is 11.4. The van der Waals surface area contributed by atoms with Crippen LogP contribution in [-0.4, -0.2) is 12.7 Å². The average Bonchev–Trinajstić information content (AvgIpc) is 2.63. The van der Waals surface area contributed by atoms with Gasteiger partial charge in [0.2, 0.25) is 0 Å². The van der Waals surface area contributed by atoms with Crippen LogP contribution >= 0.6 is 0 Å². The molecule has 0 aromatic heterocycles. The van der Waals surface area contributed by atoms with Crippen molar-refractivity contribution < 1.29 is 4.74 Å². The van der Waals surface area contributed by atoms with E-state index in [2.05, 4.69) is 13.8 Å². The van der Waals surface area contributed by atoms with Gasteiger partial charge in [-0.15, -0.1) is 0 Å². The lowest BCUT2D eigenvalue weighted by molar-refractivity contribution is -0.0531. The van der Waals surface area contributed by atoms with Crippen molar-refractivity contribution in [2.45, 2.75) is 110 Å². The van der Waals surface area contributed by atoms with E-state index in [1.165, 1.54) is 70.6 Å². The number of unbranched alkanes of at least 4 members (excludes halogenated alkanes) is 3. The molecule has 0 aliphatic heterocycles. The molecule has 0 amide bonds. The molecule has 24 heavy (non-hydrogen) atoms. The molecule has 1 nitrogen and oxygen atoms in total. The highest BCUT2D eigenvalue weighted by atomic mass is 16.5. The Balaban J connectivity index is 1.44. The Morgan fingerprint density at radius 1 is 0.708 bits per heavy atom. The minimum absolute atomic E-state index is 0.595. The monoisotopic (exact) mass is 334 g/mol. The van der Waals surface area contributed by atoms with Crippen LogP contribution in [0.25, 0.3) is 0 Å². The third-order valence-corrected chi connectivity index (χ3v) is 7.62. The first-order valence-electron chi connectivity index (χ1n) is 11.4. The van der Waals surface area contributed by atoms with Gasteiger partial charge in [-0.3, -0.25) is 0 Å².